The maximum absolute atomic E-state index is 12.1. The van der Waals surface area contributed by atoms with Crippen molar-refractivity contribution in [1.82, 2.24) is 0 Å². The average molecular weight is 295 g/mol. The summed E-state index contributed by atoms with van der Waals surface area (Å²) in [5.41, 5.74) is -0.212. The molecule has 0 fully saturated rings. The molecule has 2 N–H and O–H groups in total. The lowest BCUT2D eigenvalue weighted by Gasteiger charge is -2.08. The van der Waals surface area contributed by atoms with E-state index in [1.54, 1.807) is 55.6 Å². The van der Waals surface area contributed by atoms with E-state index < -0.39 is 5.63 Å². The van der Waals surface area contributed by atoms with E-state index in [1.807, 2.05) is 0 Å². The maximum atomic E-state index is 12.1. The highest BCUT2D eigenvalue weighted by atomic mass is 16.5. The topological polar surface area (TPSA) is 83.5 Å². The number of hydrogen-bond donors (Lipinski definition) is 2. The van der Waals surface area contributed by atoms with Crippen molar-refractivity contribution in [3.63, 3.8) is 0 Å². The van der Waals surface area contributed by atoms with E-state index in [0.717, 1.165) is 0 Å². The molecule has 0 saturated carbocycles. The van der Waals surface area contributed by atoms with Gasteiger partial charge in [-0.2, -0.15) is 0 Å². The van der Waals surface area contributed by atoms with Crippen LogP contribution in [0, 0.1) is 5.41 Å². The number of aromatic hydroxyl groups is 1. The third kappa shape index (κ3) is 2.22. The van der Waals surface area contributed by atoms with Crippen LogP contribution in [0.1, 0.15) is 11.1 Å². The van der Waals surface area contributed by atoms with Gasteiger partial charge < -0.3 is 14.3 Å². The number of benzene rings is 2. The van der Waals surface area contributed by atoms with Gasteiger partial charge in [-0.3, -0.25) is 5.41 Å². The summed E-state index contributed by atoms with van der Waals surface area (Å²) in [5, 5.41) is 18.9. The maximum Gasteiger partial charge on any atom is 0.349 e. The molecule has 0 atom stereocenters. The summed E-state index contributed by atoms with van der Waals surface area (Å²) < 4.78 is 10.2. The van der Waals surface area contributed by atoms with Gasteiger partial charge in [0.25, 0.3) is 0 Å². The summed E-state index contributed by atoms with van der Waals surface area (Å²) in [6.45, 7) is 0. The molecule has 0 saturated heterocycles. The fraction of sp³-hybridized carbons (Fsp3) is 0.0588. The van der Waals surface area contributed by atoms with Crippen molar-refractivity contribution in [2.75, 3.05) is 7.11 Å². The molecule has 5 heteroatoms. The highest BCUT2D eigenvalue weighted by molar-refractivity contribution is 6.14. The molecule has 5 nitrogen and oxygen atoms in total. The lowest BCUT2D eigenvalue weighted by atomic mass is 10.0. The highest BCUT2D eigenvalue weighted by Crippen LogP contribution is 2.27. The lowest BCUT2D eigenvalue weighted by molar-refractivity contribution is 0.415. The van der Waals surface area contributed by atoms with Gasteiger partial charge in [-0.25, -0.2) is 4.79 Å². The van der Waals surface area contributed by atoms with Gasteiger partial charge in [0, 0.05) is 5.56 Å². The van der Waals surface area contributed by atoms with Crippen LogP contribution in [0.25, 0.3) is 11.0 Å². The Labute approximate surface area is 125 Å². The predicted molar refractivity (Wildman–Crippen MR) is 83.1 cm³/mol. The Kier molecular flexibility index (Phi) is 3.39. The largest absolute Gasteiger partial charge is 0.506 e. The third-order valence-corrected chi connectivity index (χ3v) is 3.41. The minimum atomic E-state index is -0.739. The Morgan fingerprint density at radius 1 is 1.14 bits per heavy atom. The van der Waals surface area contributed by atoms with Crippen LogP contribution in [0.2, 0.25) is 0 Å². The highest BCUT2D eigenvalue weighted by Gasteiger charge is 2.19. The zero-order valence-electron chi connectivity index (χ0n) is 11.8. The smallest absolute Gasteiger partial charge is 0.349 e. The van der Waals surface area contributed by atoms with Gasteiger partial charge in [0.05, 0.1) is 18.2 Å². The molecule has 0 spiro atoms. The molecular formula is C17H13NO4. The Morgan fingerprint density at radius 3 is 2.50 bits per heavy atom. The first-order chi connectivity index (χ1) is 10.6. The molecule has 3 aromatic rings. The van der Waals surface area contributed by atoms with Crippen molar-refractivity contribution in [3.8, 4) is 11.5 Å². The number of para-hydroxylation sites is 1. The van der Waals surface area contributed by atoms with Crippen LogP contribution in [0.5, 0.6) is 11.5 Å². The predicted octanol–water partition coefficient (Wildman–Crippen LogP) is 2.92. The van der Waals surface area contributed by atoms with Crippen LogP contribution in [0.3, 0.4) is 0 Å². The fourth-order valence-corrected chi connectivity index (χ4v) is 2.26. The number of nitrogens with one attached hydrogen (secondary N) is 1. The molecule has 2 aromatic carbocycles. The van der Waals surface area contributed by atoms with Crippen LogP contribution in [0.15, 0.2) is 57.7 Å². The van der Waals surface area contributed by atoms with E-state index in [-0.39, 0.29) is 22.6 Å². The minimum Gasteiger partial charge on any atom is -0.506 e. The monoisotopic (exact) mass is 295 g/mol. The van der Waals surface area contributed by atoms with E-state index in [2.05, 4.69) is 0 Å². The summed E-state index contributed by atoms with van der Waals surface area (Å²) in [6.07, 6.45) is 0. The molecule has 0 aliphatic rings. The number of hydrogen-bond acceptors (Lipinski definition) is 5. The van der Waals surface area contributed by atoms with Gasteiger partial charge in [-0.15, -0.1) is 0 Å². The Bertz CT molecular complexity index is 910. The van der Waals surface area contributed by atoms with Crippen LogP contribution in [-0.2, 0) is 0 Å². The number of methoxy groups -OCH3 is 1. The molecule has 0 amide bonds. The lowest BCUT2D eigenvalue weighted by Crippen LogP contribution is -2.15. The summed E-state index contributed by atoms with van der Waals surface area (Å²) in [5.74, 6) is 0.402. The third-order valence-electron chi connectivity index (χ3n) is 3.41. The average Bonchev–Trinajstić information content (AvgIpc) is 2.55. The van der Waals surface area contributed by atoms with Gasteiger partial charge >= 0.3 is 5.63 Å². The second kappa shape index (κ2) is 5.37. The van der Waals surface area contributed by atoms with Gasteiger partial charge in [0.1, 0.15) is 22.6 Å². The second-order valence-electron chi connectivity index (χ2n) is 4.71. The van der Waals surface area contributed by atoms with Gasteiger partial charge in [-0.05, 0) is 36.4 Å². The van der Waals surface area contributed by atoms with Crippen molar-refractivity contribution in [1.29, 1.82) is 5.41 Å². The Balaban J connectivity index is 2.16. The van der Waals surface area contributed by atoms with E-state index in [1.165, 1.54) is 0 Å². The quantitative estimate of drug-likeness (QED) is 0.575. The van der Waals surface area contributed by atoms with Crippen molar-refractivity contribution in [2.24, 2.45) is 0 Å². The van der Waals surface area contributed by atoms with Crippen LogP contribution in [0.4, 0.5) is 0 Å². The Hall–Kier alpha value is -3.08. The first-order valence-corrected chi connectivity index (χ1v) is 6.60. The molecule has 3 rings (SSSR count). The summed E-state index contributed by atoms with van der Waals surface area (Å²) in [7, 11) is 1.55. The minimum absolute atomic E-state index is 0.0975. The van der Waals surface area contributed by atoms with E-state index in [4.69, 9.17) is 14.6 Å². The summed E-state index contributed by atoms with van der Waals surface area (Å²) in [4.78, 5) is 12.1. The standard InChI is InChI=1S/C17H13NO4/c1-21-11-8-6-10(7-9-11)15(18)14-16(19)12-4-2-3-5-13(12)22-17(14)20/h2-9,18-19H,1H3. The van der Waals surface area contributed by atoms with Crippen molar-refractivity contribution < 1.29 is 14.3 Å². The number of fused-ring (bicyclic) bond motifs is 1. The van der Waals surface area contributed by atoms with Crippen LogP contribution in [-0.4, -0.2) is 17.9 Å². The van der Waals surface area contributed by atoms with Gasteiger partial charge in [-0.1, -0.05) is 12.1 Å². The molecule has 1 aromatic heterocycles. The number of ether oxygens (including phenoxy) is 1. The molecule has 110 valence electrons. The molecular weight excluding hydrogens is 282 g/mol. The molecule has 0 bridgehead atoms. The molecule has 0 unspecified atom stereocenters. The zero-order chi connectivity index (χ0) is 15.7. The molecule has 0 radical (unpaired) electrons. The Morgan fingerprint density at radius 2 is 1.82 bits per heavy atom. The van der Waals surface area contributed by atoms with E-state index in [0.29, 0.717) is 16.7 Å². The van der Waals surface area contributed by atoms with Gasteiger partial charge in [0.2, 0.25) is 0 Å². The SMILES string of the molecule is COc1ccc(C(=N)c2c(O)c3ccccc3oc2=O)cc1. The fourth-order valence-electron chi connectivity index (χ4n) is 2.26. The van der Waals surface area contributed by atoms with Crippen molar-refractivity contribution in [3.05, 3.63) is 70.1 Å². The van der Waals surface area contributed by atoms with E-state index in [9.17, 15) is 9.90 Å². The summed E-state index contributed by atoms with van der Waals surface area (Å²) >= 11 is 0. The first-order valence-electron chi connectivity index (χ1n) is 6.60. The number of rotatable bonds is 3. The molecule has 0 aliphatic heterocycles. The molecule has 1 heterocycles. The summed E-state index contributed by atoms with van der Waals surface area (Å²) in [6, 6.07) is 13.3. The normalized spacial score (nSPS) is 10.6. The van der Waals surface area contributed by atoms with Crippen LogP contribution >= 0.6 is 0 Å². The van der Waals surface area contributed by atoms with Crippen molar-refractivity contribution >= 4 is 16.7 Å². The van der Waals surface area contributed by atoms with Crippen LogP contribution < -0.4 is 10.4 Å². The molecule has 0 aliphatic carbocycles. The van der Waals surface area contributed by atoms with Crippen molar-refractivity contribution in [2.45, 2.75) is 0 Å². The first kappa shape index (κ1) is 13.9. The zero-order valence-corrected chi connectivity index (χ0v) is 11.8. The van der Waals surface area contributed by atoms with E-state index >= 15 is 0 Å². The molecule has 22 heavy (non-hydrogen) atoms. The van der Waals surface area contributed by atoms with Gasteiger partial charge in [0.15, 0.2) is 0 Å². The second-order valence-corrected chi connectivity index (χ2v) is 4.71.